The summed E-state index contributed by atoms with van der Waals surface area (Å²) in [6.07, 6.45) is 0. The molecular formula is C20H17Cl2NO2S. The van der Waals surface area contributed by atoms with Gasteiger partial charge < -0.3 is 10.1 Å². The molecule has 0 fully saturated rings. The van der Waals surface area contributed by atoms with Gasteiger partial charge in [-0.25, -0.2) is 0 Å². The molecular weight excluding hydrogens is 389 g/mol. The molecule has 134 valence electrons. The predicted octanol–water partition coefficient (Wildman–Crippen LogP) is 6.50. The summed E-state index contributed by atoms with van der Waals surface area (Å²) < 4.78 is 5.82. The first-order valence-corrected chi connectivity index (χ1v) is 9.60. The second-order valence-electron chi connectivity index (χ2n) is 5.93. The van der Waals surface area contributed by atoms with Crippen LogP contribution < -0.4 is 10.1 Å². The lowest BCUT2D eigenvalue weighted by Gasteiger charge is -2.08. The van der Waals surface area contributed by atoms with Crippen LogP contribution >= 0.6 is 34.5 Å². The van der Waals surface area contributed by atoms with Crippen LogP contribution in [0.25, 0.3) is 0 Å². The van der Waals surface area contributed by atoms with Crippen molar-refractivity contribution in [2.24, 2.45) is 0 Å². The summed E-state index contributed by atoms with van der Waals surface area (Å²) in [6, 6.07) is 12.8. The van der Waals surface area contributed by atoms with Crippen molar-refractivity contribution in [2.75, 3.05) is 5.32 Å². The SMILES string of the molecule is Cc1ccc(Cl)cc1NC(=O)c1cc(COc2ccc(Cl)cc2C)cs1. The number of halogens is 2. The lowest BCUT2D eigenvalue weighted by Crippen LogP contribution is -2.11. The van der Waals surface area contributed by atoms with Gasteiger partial charge in [0.05, 0.1) is 4.88 Å². The Morgan fingerprint density at radius 1 is 1.04 bits per heavy atom. The number of hydrogen-bond donors (Lipinski definition) is 1. The maximum absolute atomic E-state index is 12.5. The molecule has 0 unspecified atom stereocenters. The van der Waals surface area contributed by atoms with E-state index in [0.717, 1.165) is 22.4 Å². The molecule has 0 bridgehead atoms. The van der Waals surface area contributed by atoms with E-state index in [0.29, 0.717) is 27.2 Å². The smallest absolute Gasteiger partial charge is 0.265 e. The van der Waals surface area contributed by atoms with Gasteiger partial charge >= 0.3 is 0 Å². The topological polar surface area (TPSA) is 38.3 Å². The first kappa shape index (κ1) is 18.8. The van der Waals surface area contributed by atoms with E-state index >= 15 is 0 Å². The molecule has 26 heavy (non-hydrogen) atoms. The molecule has 0 aliphatic carbocycles. The monoisotopic (exact) mass is 405 g/mol. The van der Waals surface area contributed by atoms with Crippen LogP contribution in [0.1, 0.15) is 26.4 Å². The average Bonchev–Trinajstić information content (AvgIpc) is 3.06. The van der Waals surface area contributed by atoms with Crippen LogP contribution in [0.2, 0.25) is 10.0 Å². The van der Waals surface area contributed by atoms with Crippen LogP contribution in [0, 0.1) is 13.8 Å². The average molecular weight is 406 g/mol. The Balaban J connectivity index is 1.65. The largest absolute Gasteiger partial charge is 0.489 e. The normalized spacial score (nSPS) is 10.6. The Labute approximate surface area is 166 Å². The minimum absolute atomic E-state index is 0.158. The number of carbonyl (C=O) groups excluding carboxylic acids is 1. The van der Waals surface area contributed by atoms with Crippen molar-refractivity contribution in [3.05, 3.63) is 79.5 Å². The molecule has 0 aliphatic heterocycles. The van der Waals surface area contributed by atoms with Crippen molar-refractivity contribution in [1.82, 2.24) is 0 Å². The van der Waals surface area contributed by atoms with Gasteiger partial charge in [-0.3, -0.25) is 4.79 Å². The number of ether oxygens (including phenoxy) is 1. The van der Waals surface area contributed by atoms with Gasteiger partial charge in [0.2, 0.25) is 0 Å². The van der Waals surface area contributed by atoms with Crippen LogP contribution in [0.15, 0.2) is 47.8 Å². The number of hydrogen-bond acceptors (Lipinski definition) is 3. The predicted molar refractivity (Wildman–Crippen MR) is 109 cm³/mol. The standard InChI is InChI=1S/C20H17Cl2NO2S/c1-12-3-4-16(22)9-17(12)23-20(24)19-8-14(11-26-19)10-25-18-6-5-15(21)7-13(18)2/h3-9,11H,10H2,1-2H3,(H,23,24). The fraction of sp³-hybridized carbons (Fsp3) is 0.150. The van der Waals surface area contributed by atoms with E-state index in [-0.39, 0.29) is 5.91 Å². The molecule has 0 saturated carbocycles. The minimum Gasteiger partial charge on any atom is -0.489 e. The van der Waals surface area contributed by atoms with E-state index in [1.54, 1.807) is 18.2 Å². The van der Waals surface area contributed by atoms with Gasteiger partial charge in [-0.2, -0.15) is 0 Å². The van der Waals surface area contributed by atoms with Gasteiger partial charge in [0.25, 0.3) is 5.91 Å². The van der Waals surface area contributed by atoms with Gasteiger partial charge in [-0.1, -0.05) is 29.3 Å². The molecule has 3 rings (SSSR count). The number of benzene rings is 2. The minimum atomic E-state index is -0.158. The van der Waals surface area contributed by atoms with Crippen LogP contribution in [0.5, 0.6) is 5.75 Å². The molecule has 1 amide bonds. The summed E-state index contributed by atoms with van der Waals surface area (Å²) in [5.74, 6) is 0.621. The highest BCUT2D eigenvalue weighted by molar-refractivity contribution is 7.12. The fourth-order valence-electron chi connectivity index (χ4n) is 2.42. The Hall–Kier alpha value is -2.01. The van der Waals surface area contributed by atoms with Crippen LogP contribution in [-0.2, 0) is 6.61 Å². The lowest BCUT2D eigenvalue weighted by molar-refractivity contribution is 0.103. The van der Waals surface area contributed by atoms with Crippen molar-refractivity contribution < 1.29 is 9.53 Å². The van der Waals surface area contributed by atoms with E-state index < -0.39 is 0 Å². The van der Waals surface area contributed by atoms with Crippen molar-refractivity contribution in [3.8, 4) is 5.75 Å². The van der Waals surface area contributed by atoms with Crippen molar-refractivity contribution in [1.29, 1.82) is 0 Å². The highest BCUT2D eigenvalue weighted by Crippen LogP contribution is 2.25. The molecule has 3 nitrogen and oxygen atoms in total. The van der Waals surface area contributed by atoms with Crippen LogP contribution in [0.4, 0.5) is 5.69 Å². The molecule has 6 heteroatoms. The molecule has 1 heterocycles. The Kier molecular flexibility index (Phi) is 5.87. The highest BCUT2D eigenvalue weighted by atomic mass is 35.5. The first-order chi connectivity index (χ1) is 12.4. The fourth-order valence-corrected chi connectivity index (χ4v) is 3.61. The van der Waals surface area contributed by atoms with Gasteiger partial charge in [0.1, 0.15) is 12.4 Å². The highest BCUT2D eigenvalue weighted by Gasteiger charge is 2.12. The zero-order valence-corrected chi connectivity index (χ0v) is 16.6. The third-order valence-corrected chi connectivity index (χ3v) is 5.30. The number of carbonyl (C=O) groups is 1. The summed E-state index contributed by atoms with van der Waals surface area (Å²) in [6.45, 7) is 4.26. The van der Waals surface area contributed by atoms with Gasteiger partial charge in [0, 0.05) is 21.3 Å². The summed E-state index contributed by atoms with van der Waals surface area (Å²) >= 11 is 13.3. The molecule has 0 radical (unpaired) electrons. The first-order valence-electron chi connectivity index (χ1n) is 7.96. The molecule has 0 spiro atoms. The van der Waals surface area contributed by atoms with E-state index in [2.05, 4.69) is 5.32 Å². The van der Waals surface area contributed by atoms with E-state index in [1.807, 2.05) is 43.5 Å². The third-order valence-electron chi connectivity index (χ3n) is 3.86. The maximum Gasteiger partial charge on any atom is 0.265 e. The zero-order chi connectivity index (χ0) is 18.7. The van der Waals surface area contributed by atoms with Crippen molar-refractivity contribution >= 4 is 46.1 Å². The second kappa shape index (κ2) is 8.12. The van der Waals surface area contributed by atoms with Gasteiger partial charge in [0.15, 0.2) is 0 Å². The number of amides is 1. The maximum atomic E-state index is 12.5. The van der Waals surface area contributed by atoms with Gasteiger partial charge in [-0.15, -0.1) is 11.3 Å². The third kappa shape index (κ3) is 4.58. The summed E-state index contributed by atoms with van der Waals surface area (Å²) in [5.41, 5.74) is 3.59. The zero-order valence-electron chi connectivity index (χ0n) is 14.3. The summed E-state index contributed by atoms with van der Waals surface area (Å²) in [4.78, 5) is 13.1. The summed E-state index contributed by atoms with van der Waals surface area (Å²) in [7, 11) is 0. The Morgan fingerprint density at radius 3 is 2.54 bits per heavy atom. The molecule has 0 aliphatic rings. The van der Waals surface area contributed by atoms with E-state index in [1.165, 1.54) is 11.3 Å². The van der Waals surface area contributed by atoms with Crippen molar-refractivity contribution in [3.63, 3.8) is 0 Å². The molecule has 0 saturated heterocycles. The van der Waals surface area contributed by atoms with E-state index in [4.69, 9.17) is 27.9 Å². The molecule has 0 atom stereocenters. The van der Waals surface area contributed by atoms with Gasteiger partial charge in [-0.05, 0) is 66.8 Å². The quantitative estimate of drug-likeness (QED) is 0.525. The Bertz CT molecular complexity index is 953. The van der Waals surface area contributed by atoms with E-state index in [9.17, 15) is 4.79 Å². The van der Waals surface area contributed by atoms with Crippen molar-refractivity contribution in [2.45, 2.75) is 20.5 Å². The number of anilines is 1. The molecule has 1 N–H and O–H groups in total. The lowest BCUT2D eigenvalue weighted by atomic mass is 10.2. The molecule has 3 aromatic rings. The number of aryl methyl sites for hydroxylation is 2. The number of nitrogens with one attached hydrogen (secondary N) is 1. The Morgan fingerprint density at radius 2 is 1.77 bits per heavy atom. The van der Waals surface area contributed by atoms with Crippen LogP contribution in [-0.4, -0.2) is 5.91 Å². The molecule has 1 aromatic heterocycles. The number of thiophene rings is 1. The second-order valence-corrected chi connectivity index (χ2v) is 7.72. The van der Waals surface area contributed by atoms with Crippen LogP contribution in [0.3, 0.4) is 0 Å². The molecule has 2 aromatic carbocycles. The summed E-state index contributed by atoms with van der Waals surface area (Å²) in [5, 5.41) is 6.09. The number of rotatable bonds is 5.